The predicted molar refractivity (Wildman–Crippen MR) is 91.0 cm³/mol. The van der Waals surface area contributed by atoms with Gasteiger partial charge in [0.25, 0.3) is 0 Å². The number of imidazole rings is 1. The van der Waals surface area contributed by atoms with E-state index >= 15 is 0 Å². The van der Waals surface area contributed by atoms with E-state index in [1.165, 1.54) is 16.9 Å². The summed E-state index contributed by atoms with van der Waals surface area (Å²) < 4.78 is 7.11. The molecule has 2 heterocycles. The van der Waals surface area contributed by atoms with Gasteiger partial charge in [-0.25, -0.2) is 4.98 Å². The van der Waals surface area contributed by atoms with Crippen molar-refractivity contribution in [3.05, 3.63) is 34.5 Å². The summed E-state index contributed by atoms with van der Waals surface area (Å²) in [5.41, 5.74) is 3.11. The van der Waals surface area contributed by atoms with Gasteiger partial charge in [-0.3, -0.25) is 0 Å². The fourth-order valence-corrected chi connectivity index (χ4v) is 3.32. The third-order valence-corrected chi connectivity index (χ3v) is 4.85. The molecule has 0 N–H and O–H groups in total. The lowest BCUT2D eigenvalue weighted by Gasteiger charge is -2.11. The van der Waals surface area contributed by atoms with Gasteiger partial charge >= 0.3 is 0 Å². The average molecular weight is 326 g/mol. The molecule has 0 bridgehead atoms. The van der Waals surface area contributed by atoms with Gasteiger partial charge in [-0.2, -0.15) is 14.9 Å². The molecule has 1 aromatic carbocycles. The fraction of sp³-hybridized carbons (Fsp3) is 0.353. The number of hydrogen-bond acceptors (Lipinski definition) is 5. The SMILES string of the molecule is CCc1nn2c(C#N)c(-c3cc(C(C)C)ccc3OC)nc2s1. The number of rotatable bonds is 4. The van der Waals surface area contributed by atoms with Crippen LogP contribution in [0.3, 0.4) is 0 Å². The first-order chi connectivity index (χ1) is 11.1. The first kappa shape index (κ1) is 15.5. The highest BCUT2D eigenvalue weighted by Crippen LogP contribution is 2.35. The number of nitriles is 1. The molecule has 0 aliphatic carbocycles. The summed E-state index contributed by atoms with van der Waals surface area (Å²) in [5, 5.41) is 15.0. The van der Waals surface area contributed by atoms with Crippen LogP contribution in [0.4, 0.5) is 0 Å². The molecule has 2 aromatic heterocycles. The Morgan fingerprint density at radius 3 is 2.78 bits per heavy atom. The number of hydrogen-bond donors (Lipinski definition) is 0. The number of fused-ring (bicyclic) bond motifs is 1. The molecule has 23 heavy (non-hydrogen) atoms. The van der Waals surface area contributed by atoms with E-state index in [4.69, 9.17) is 4.74 Å². The molecule has 5 nitrogen and oxygen atoms in total. The molecule has 0 amide bonds. The predicted octanol–water partition coefficient (Wildman–Crippen LogP) is 4.02. The minimum atomic E-state index is 0.388. The third-order valence-electron chi connectivity index (χ3n) is 3.80. The van der Waals surface area contributed by atoms with E-state index in [1.54, 1.807) is 11.6 Å². The Labute approximate surface area is 139 Å². The molecule has 0 spiro atoms. The lowest BCUT2D eigenvalue weighted by Crippen LogP contribution is -1.96. The highest BCUT2D eigenvalue weighted by Gasteiger charge is 2.21. The van der Waals surface area contributed by atoms with Crippen molar-refractivity contribution in [3.8, 4) is 23.1 Å². The number of benzene rings is 1. The molecule has 3 aromatic rings. The molecule has 0 unspecified atom stereocenters. The van der Waals surface area contributed by atoms with Crippen LogP contribution in [0.2, 0.25) is 0 Å². The molecular formula is C17H18N4OS. The summed E-state index contributed by atoms with van der Waals surface area (Å²) in [4.78, 5) is 5.39. The zero-order valence-electron chi connectivity index (χ0n) is 13.6. The Hall–Kier alpha value is -2.39. The monoisotopic (exact) mass is 326 g/mol. The number of methoxy groups -OCH3 is 1. The molecule has 118 valence electrons. The van der Waals surface area contributed by atoms with Crippen molar-refractivity contribution in [3.63, 3.8) is 0 Å². The van der Waals surface area contributed by atoms with E-state index in [2.05, 4.69) is 36.1 Å². The van der Waals surface area contributed by atoms with Crippen molar-refractivity contribution < 1.29 is 4.74 Å². The third kappa shape index (κ3) is 2.57. The molecule has 0 atom stereocenters. The van der Waals surface area contributed by atoms with Crippen molar-refractivity contribution in [2.45, 2.75) is 33.1 Å². The Bertz CT molecular complexity index is 901. The van der Waals surface area contributed by atoms with Gasteiger partial charge in [-0.15, -0.1) is 0 Å². The zero-order chi connectivity index (χ0) is 16.6. The summed E-state index contributed by atoms with van der Waals surface area (Å²) in [6.45, 7) is 6.32. The molecular weight excluding hydrogens is 308 g/mol. The van der Waals surface area contributed by atoms with Crippen LogP contribution in [0.5, 0.6) is 5.75 Å². The van der Waals surface area contributed by atoms with E-state index in [1.807, 2.05) is 19.1 Å². The largest absolute Gasteiger partial charge is 0.496 e. The molecule has 0 saturated carbocycles. The second kappa shape index (κ2) is 6.01. The van der Waals surface area contributed by atoms with E-state index in [-0.39, 0.29) is 0 Å². The lowest BCUT2D eigenvalue weighted by molar-refractivity contribution is 0.416. The van der Waals surface area contributed by atoms with Crippen molar-refractivity contribution in [2.24, 2.45) is 0 Å². The Balaban J connectivity index is 2.25. The molecule has 3 rings (SSSR count). The highest BCUT2D eigenvalue weighted by molar-refractivity contribution is 7.16. The minimum Gasteiger partial charge on any atom is -0.496 e. The smallest absolute Gasteiger partial charge is 0.214 e. The second-order valence-corrected chi connectivity index (χ2v) is 6.62. The number of aryl methyl sites for hydroxylation is 1. The van der Waals surface area contributed by atoms with Crippen molar-refractivity contribution in [2.75, 3.05) is 7.11 Å². The van der Waals surface area contributed by atoms with Crippen LogP contribution in [0.25, 0.3) is 16.2 Å². The number of aromatic nitrogens is 3. The average Bonchev–Trinajstić information content (AvgIpc) is 3.10. The van der Waals surface area contributed by atoms with Crippen molar-refractivity contribution in [1.29, 1.82) is 5.26 Å². The lowest BCUT2D eigenvalue weighted by atomic mass is 9.98. The minimum absolute atomic E-state index is 0.388. The van der Waals surface area contributed by atoms with E-state index in [0.717, 1.165) is 22.0 Å². The first-order valence-corrected chi connectivity index (χ1v) is 8.37. The maximum Gasteiger partial charge on any atom is 0.214 e. The fourth-order valence-electron chi connectivity index (χ4n) is 2.49. The summed E-state index contributed by atoms with van der Waals surface area (Å²) in [6.07, 6.45) is 0.834. The van der Waals surface area contributed by atoms with Crippen LogP contribution >= 0.6 is 11.3 Å². The first-order valence-electron chi connectivity index (χ1n) is 7.55. The van der Waals surface area contributed by atoms with Crippen molar-refractivity contribution in [1.82, 2.24) is 14.6 Å². The summed E-state index contributed by atoms with van der Waals surface area (Å²) in [5.74, 6) is 1.10. The summed E-state index contributed by atoms with van der Waals surface area (Å²) in [6, 6.07) is 8.28. The van der Waals surface area contributed by atoms with Gasteiger partial charge < -0.3 is 4.74 Å². The maximum atomic E-state index is 9.60. The van der Waals surface area contributed by atoms with Gasteiger partial charge in [0.2, 0.25) is 4.96 Å². The summed E-state index contributed by atoms with van der Waals surface area (Å²) in [7, 11) is 1.63. The van der Waals surface area contributed by atoms with E-state index in [0.29, 0.717) is 23.1 Å². The van der Waals surface area contributed by atoms with Crippen LogP contribution in [0, 0.1) is 11.3 Å². The normalized spacial score (nSPS) is 11.1. The Kier molecular flexibility index (Phi) is 4.05. The molecule has 0 radical (unpaired) electrons. The topological polar surface area (TPSA) is 63.2 Å². The molecule has 0 aliphatic heterocycles. The molecule has 0 fully saturated rings. The van der Waals surface area contributed by atoms with Gasteiger partial charge in [-0.1, -0.05) is 38.2 Å². The van der Waals surface area contributed by atoms with E-state index < -0.39 is 0 Å². The molecule has 0 saturated heterocycles. The standard InChI is InChI=1S/C17H18N4OS/c1-5-15-20-21-13(9-18)16(19-17(21)23-15)12-8-11(10(2)3)6-7-14(12)22-4/h6-8,10H,5H2,1-4H3. The van der Waals surface area contributed by atoms with Crippen LogP contribution in [-0.2, 0) is 6.42 Å². The summed E-state index contributed by atoms with van der Waals surface area (Å²) >= 11 is 1.52. The Morgan fingerprint density at radius 2 is 2.17 bits per heavy atom. The van der Waals surface area contributed by atoms with Crippen LogP contribution in [0.15, 0.2) is 18.2 Å². The quantitative estimate of drug-likeness (QED) is 0.726. The Morgan fingerprint density at radius 1 is 1.39 bits per heavy atom. The van der Waals surface area contributed by atoms with Crippen LogP contribution in [-0.4, -0.2) is 21.7 Å². The number of nitrogens with zero attached hydrogens (tertiary/aromatic N) is 4. The molecule has 0 aliphatic rings. The molecule has 6 heteroatoms. The zero-order valence-corrected chi connectivity index (χ0v) is 14.4. The van der Waals surface area contributed by atoms with Gasteiger partial charge in [0.1, 0.15) is 22.5 Å². The van der Waals surface area contributed by atoms with Gasteiger partial charge in [0, 0.05) is 5.56 Å². The van der Waals surface area contributed by atoms with E-state index in [9.17, 15) is 5.26 Å². The maximum absolute atomic E-state index is 9.60. The van der Waals surface area contributed by atoms with Crippen LogP contribution < -0.4 is 4.74 Å². The van der Waals surface area contributed by atoms with Crippen molar-refractivity contribution >= 4 is 16.3 Å². The van der Waals surface area contributed by atoms with Gasteiger partial charge in [0.15, 0.2) is 5.69 Å². The highest BCUT2D eigenvalue weighted by atomic mass is 32.1. The van der Waals surface area contributed by atoms with Gasteiger partial charge in [0.05, 0.1) is 7.11 Å². The van der Waals surface area contributed by atoms with Gasteiger partial charge in [-0.05, 0) is 30.0 Å². The van der Waals surface area contributed by atoms with Crippen LogP contribution in [0.1, 0.15) is 43.0 Å². The second-order valence-electron chi connectivity index (χ2n) is 5.58. The number of ether oxygens (including phenoxy) is 1.